The highest BCUT2D eigenvalue weighted by molar-refractivity contribution is 6.04. The van der Waals surface area contributed by atoms with E-state index in [4.69, 9.17) is 18.9 Å². The van der Waals surface area contributed by atoms with Crippen LogP contribution >= 0.6 is 0 Å². The van der Waals surface area contributed by atoms with Gasteiger partial charge in [0.2, 0.25) is 0 Å². The van der Waals surface area contributed by atoms with Crippen LogP contribution in [-0.2, 0) is 0 Å². The predicted octanol–water partition coefficient (Wildman–Crippen LogP) is 4.99. The molecule has 2 saturated heterocycles. The first-order chi connectivity index (χ1) is 21.6. The molecule has 0 spiro atoms. The number of hydrogen-bond acceptors (Lipinski definition) is 9. The van der Waals surface area contributed by atoms with Gasteiger partial charge >= 0.3 is 0 Å². The lowest BCUT2D eigenvalue weighted by Crippen LogP contribution is -2.50. The number of carbonyl (C=O) groups is 2. The summed E-state index contributed by atoms with van der Waals surface area (Å²) in [4.78, 5) is 36.8. The van der Waals surface area contributed by atoms with E-state index in [-0.39, 0.29) is 37.4 Å². The van der Waals surface area contributed by atoms with Crippen molar-refractivity contribution in [3.8, 4) is 23.0 Å². The second kappa shape index (κ2) is 13.1. The molecule has 4 aliphatic rings. The van der Waals surface area contributed by atoms with Crippen LogP contribution < -0.4 is 23.8 Å². The maximum Gasteiger partial charge on any atom is 0.257 e. The molecule has 11 heteroatoms. The first-order valence-electron chi connectivity index (χ1n) is 15.3. The number of amides is 2. The van der Waals surface area contributed by atoms with Gasteiger partial charge in [-0.05, 0) is 38.8 Å². The molecule has 0 aliphatic carbocycles. The minimum absolute atomic E-state index is 0. The average Bonchev–Trinajstić information content (AvgIpc) is 3.55. The Morgan fingerprint density at radius 3 is 2.11 bits per heavy atom. The summed E-state index contributed by atoms with van der Waals surface area (Å²) in [6.07, 6.45) is 2.69. The molecule has 46 heavy (non-hydrogen) atoms. The lowest BCUT2D eigenvalue weighted by Gasteiger charge is -2.36. The maximum atomic E-state index is 13.6. The third-order valence-corrected chi connectivity index (χ3v) is 8.78. The minimum Gasteiger partial charge on any atom is -0.493 e. The van der Waals surface area contributed by atoms with Crippen molar-refractivity contribution in [2.24, 2.45) is 4.99 Å². The molecule has 6 rings (SSSR count). The van der Waals surface area contributed by atoms with Crippen LogP contribution in [0.15, 0.2) is 53.6 Å². The zero-order valence-electron chi connectivity index (χ0n) is 26.2. The SMILES string of the molecule is C.C=C1C[C@H]2C=Nc3cc(OCCCOc4cc5c(cc4OC)C(=O)N4CC(=C)C[C@H]4[C@H](O)N5C(C)C)c(OC)cc3C(=O)N2C1. The highest BCUT2D eigenvalue weighted by atomic mass is 16.5. The van der Waals surface area contributed by atoms with Gasteiger partial charge in [0.15, 0.2) is 23.0 Å². The number of aliphatic imine (C=N–C) groups is 1. The molecule has 0 saturated carbocycles. The van der Waals surface area contributed by atoms with Gasteiger partial charge in [0, 0.05) is 43.9 Å². The molecule has 4 aliphatic heterocycles. The molecular formula is C35H44N4O7. The Morgan fingerprint density at radius 1 is 0.870 bits per heavy atom. The van der Waals surface area contributed by atoms with Gasteiger partial charge in [-0.2, -0.15) is 0 Å². The van der Waals surface area contributed by atoms with Crippen LogP contribution in [0, 0.1) is 0 Å². The Kier molecular flexibility index (Phi) is 9.34. The van der Waals surface area contributed by atoms with Gasteiger partial charge in [0.05, 0.1) is 62.0 Å². The number of aliphatic hydroxyl groups is 1. The molecule has 11 nitrogen and oxygen atoms in total. The topological polar surface area (TPSA) is 113 Å². The number of rotatable bonds is 9. The Hall–Kier alpha value is -4.51. The summed E-state index contributed by atoms with van der Waals surface area (Å²) in [5.41, 5.74) is 3.99. The number of hydrogen-bond donors (Lipinski definition) is 1. The summed E-state index contributed by atoms with van der Waals surface area (Å²) in [5.74, 6) is 1.56. The lowest BCUT2D eigenvalue weighted by atomic mass is 10.1. The molecule has 2 amide bonds. The van der Waals surface area contributed by atoms with Crippen molar-refractivity contribution in [3.05, 3.63) is 59.7 Å². The van der Waals surface area contributed by atoms with E-state index in [1.165, 1.54) is 14.2 Å². The fraction of sp³-hybridized carbons (Fsp3) is 0.457. The highest BCUT2D eigenvalue weighted by Crippen LogP contribution is 2.43. The summed E-state index contributed by atoms with van der Waals surface area (Å²) >= 11 is 0. The normalized spacial score (nSPS) is 21.7. The number of anilines is 1. The second-order valence-electron chi connectivity index (χ2n) is 12.2. The molecule has 0 radical (unpaired) electrons. The number of carbonyl (C=O) groups excluding carboxylic acids is 2. The fourth-order valence-electron chi connectivity index (χ4n) is 6.62. The molecule has 246 valence electrons. The summed E-state index contributed by atoms with van der Waals surface area (Å²) in [6, 6.07) is 6.33. The second-order valence-corrected chi connectivity index (χ2v) is 12.2. The number of ether oxygens (including phenoxy) is 4. The van der Waals surface area contributed by atoms with Crippen LogP contribution in [0.4, 0.5) is 11.4 Å². The van der Waals surface area contributed by atoms with Crippen molar-refractivity contribution in [2.45, 2.75) is 64.9 Å². The first kappa shape index (κ1) is 32.9. The van der Waals surface area contributed by atoms with E-state index in [1.54, 1.807) is 40.3 Å². The van der Waals surface area contributed by atoms with Gasteiger partial charge in [0.1, 0.15) is 6.23 Å². The van der Waals surface area contributed by atoms with Crippen molar-refractivity contribution in [3.63, 3.8) is 0 Å². The molecule has 4 heterocycles. The predicted molar refractivity (Wildman–Crippen MR) is 177 cm³/mol. The van der Waals surface area contributed by atoms with E-state index in [2.05, 4.69) is 18.2 Å². The molecule has 3 atom stereocenters. The monoisotopic (exact) mass is 632 g/mol. The van der Waals surface area contributed by atoms with Crippen LogP contribution in [0.5, 0.6) is 23.0 Å². The Balaban J connectivity index is 0.00000417. The first-order valence-corrected chi connectivity index (χ1v) is 15.3. The van der Waals surface area contributed by atoms with Crippen LogP contribution in [-0.4, -0.2) is 97.8 Å². The Labute approximate surface area is 270 Å². The van der Waals surface area contributed by atoms with Crippen LogP contribution in [0.25, 0.3) is 0 Å². The third kappa shape index (κ3) is 5.79. The van der Waals surface area contributed by atoms with E-state index < -0.39 is 6.23 Å². The zero-order valence-corrected chi connectivity index (χ0v) is 26.2. The number of aliphatic hydroxyl groups excluding tert-OH is 1. The number of fused-ring (bicyclic) bond motifs is 4. The summed E-state index contributed by atoms with van der Waals surface area (Å²) in [6.45, 7) is 13.6. The molecule has 1 N–H and O–H groups in total. The van der Waals surface area contributed by atoms with E-state index in [0.29, 0.717) is 91.1 Å². The molecule has 0 aromatic heterocycles. The van der Waals surface area contributed by atoms with E-state index in [1.807, 2.05) is 18.7 Å². The van der Waals surface area contributed by atoms with Crippen molar-refractivity contribution in [2.75, 3.05) is 45.4 Å². The zero-order chi connectivity index (χ0) is 32.0. The smallest absolute Gasteiger partial charge is 0.257 e. The largest absolute Gasteiger partial charge is 0.493 e. The fourth-order valence-corrected chi connectivity index (χ4v) is 6.62. The van der Waals surface area contributed by atoms with Crippen molar-refractivity contribution in [1.29, 1.82) is 0 Å². The van der Waals surface area contributed by atoms with Crippen LogP contribution in [0.2, 0.25) is 0 Å². The molecule has 2 aromatic rings. The quantitative estimate of drug-likeness (QED) is 0.304. The molecule has 2 aromatic carbocycles. The van der Waals surface area contributed by atoms with Gasteiger partial charge in [-0.15, -0.1) is 0 Å². The Morgan fingerprint density at radius 2 is 1.46 bits per heavy atom. The van der Waals surface area contributed by atoms with Crippen molar-refractivity contribution >= 4 is 29.4 Å². The van der Waals surface area contributed by atoms with E-state index in [9.17, 15) is 14.7 Å². The summed E-state index contributed by atoms with van der Waals surface area (Å²) < 4.78 is 23.4. The van der Waals surface area contributed by atoms with Crippen molar-refractivity contribution < 1.29 is 33.6 Å². The van der Waals surface area contributed by atoms with Gasteiger partial charge in [0.25, 0.3) is 11.8 Å². The molecule has 2 fully saturated rings. The van der Waals surface area contributed by atoms with E-state index >= 15 is 0 Å². The molecule has 0 bridgehead atoms. The minimum atomic E-state index is -0.893. The molecule has 0 unspecified atom stereocenters. The lowest BCUT2D eigenvalue weighted by molar-refractivity contribution is 0.0497. The van der Waals surface area contributed by atoms with Gasteiger partial charge < -0.3 is 38.8 Å². The van der Waals surface area contributed by atoms with Gasteiger partial charge in [-0.1, -0.05) is 31.7 Å². The van der Waals surface area contributed by atoms with Gasteiger partial charge in [-0.3, -0.25) is 14.6 Å². The Bertz CT molecular complexity index is 1590. The molecular weight excluding hydrogens is 588 g/mol. The van der Waals surface area contributed by atoms with Crippen LogP contribution in [0.3, 0.4) is 0 Å². The summed E-state index contributed by atoms with van der Waals surface area (Å²) in [7, 11) is 3.07. The average molecular weight is 633 g/mol. The van der Waals surface area contributed by atoms with Crippen LogP contribution in [0.1, 0.15) is 61.3 Å². The summed E-state index contributed by atoms with van der Waals surface area (Å²) in [5, 5.41) is 11.4. The standard InChI is InChI=1S/C34H40N4O7.CH4/c1-19(2)38-26-15-31(29(43-6)13-24(26)33(40)37-18-21(4)11-27(37)34(38)41)45-9-7-8-44-30-14-25-23(12-28(30)42-5)32(39)36-17-20(3)10-22(36)16-35-25;/h12-16,19,22,27,34,41H,3-4,7-11,17-18H2,1-2,5-6H3;1H4/t22-,27-,34-;/m0./s1. The third-order valence-electron chi connectivity index (χ3n) is 8.78. The van der Waals surface area contributed by atoms with E-state index in [0.717, 1.165) is 11.1 Å². The number of benzene rings is 2. The number of nitrogens with zero attached hydrogens (tertiary/aromatic N) is 4. The van der Waals surface area contributed by atoms with Gasteiger partial charge in [-0.25, -0.2) is 0 Å². The number of methoxy groups -OCH3 is 2. The highest BCUT2D eigenvalue weighted by Gasteiger charge is 2.44. The van der Waals surface area contributed by atoms with Crippen molar-refractivity contribution in [1.82, 2.24) is 9.80 Å². The maximum absolute atomic E-state index is 13.6.